The van der Waals surface area contributed by atoms with E-state index >= 15 is 0 Å². The Balaban J connectivity index is 1.23. The van der Waals surface area contributed by atoms with Crippen LogP contribution in [0, 0.1) is 0 Å². The zero-order chi connectivity index (χ0) is 31.7. The Morgan fingerprint density at radius 2 is 1.37 bits per heavy atom. The Morgan fingerprint density at radius 1 is 0.739 bits per heavy atom. The third-order valence-electron chi connectivity index (χ3n) is 9.01. The van der Waals surface area contributed by atoms with Crippen molar-refractivity contribution in [1.82, 2.24) is 15.5 Å². The highest BCUT2D eigenvalue weighted by atomic mass is 16.2. The molecule has 234 valence electrons. The molecule has 1 saturated heterocycles. The van der Waals surface area contributed by atoms with Gasteiger partial charge in [-0.05, 0) is 52.3 Å². The first-order valence-electron chi connectivity index (χ1n) is 16.2. The molecule has 6 nitrogen and oxygen atoms in total. The summed E-state index contributed by atoms with van der Waals surface area (Å²) in [5.41, 5.74) is 10.8. The van der Waals surface area contributed by atoms with E-state index in [1.165, 1.54) is 21.9 Å². The zero-order valence-corrected chi connectivity index (χ0v) is 26.1. The summed E-state index contributed by atoms with van der Waals surface area (Å²) < 4.78 is 0. The molecule has 0 aromatic heterocycles. The molecule has 0 bridgehead atoms. The summed E-state index contributed by atoms with van der Waals surface area (Å²) in [6.45, 7) is 1.55. The van der Waals surface area contributed by atoms with Crippen LogP contribution < -0.4 is 16.4 Å². The van der Waals surface area contributed by atoms with Gasteiger partial charge in [0, 0.05) is 37.6 Å². The highest BCUT2D eigenvalue weighted by Gasteiger charge is 2.35. The van der Waals surface area contributed by atoms with Gasteiger partial charge in [-0.1, -0.05) is 133 Å². The Morgan fingerprint density at radius 3 is 2.09 bits per heavy atom. The van der Waals surface area contributed by atoms with Crippen molar-refractivity contribution in [3.8, 4) is 0 Å². The van der Waals surface area contributed by atoms with Crippen LogP contribution in [0.1, 0.15) is 34.7 Å². The number of rotatable bonds is 11. The van der Waals surface area contributed by atoms with Crippen LogP contribution in [-0.4, -0.2) is 47.9 Å². The first kappa shape index (κ1) is 31.4. The fourth-order valence-corrected chi connectivity index (χ4v) is 6.65. The SMILES string of the molecule is NC(Cc1ccccc1)C(=O)NC(=O)C[C@H](c1ccccc1)N1C[C@@H](Cc2ccc3ccccc3c2)NC[C@@H]1Cc1ccccc1. The molecule has 5 aromatic carbocycles. The number of hydrogen-bond acceptors (Lipinski definition) is 5. The summed E-state index contributed by atoms with van der Waals surface area (Å²) in [6, 6.07) is 44.8. The normalized spacial score (nSPS) is 18.1. The smallest absolute Gasteiger partial charge is 0.243 e. The lowest BCUT2D eigenvalue weighted by Gasteiger charge is -2.45. The van der Waals surface area contributed by atoms with Crippen LogP contribution in [0.15, 0.2) is 133 Å². The van der Waals surface area contributed by atoms with Crippen LogP contribution in [-0.2, 0) is 28.9 Å². The molecule has 0 radical (unpaired) electrons. The van der Waals surface area contributed by atoms with Gasteiger partial charge in [0.1, 0.15) is 0 Å². The number of nitrogens with two attached hydrogens (primary N) is 1. The van der Waals surface area contributed by atoms with E-state index in [9.17, 15) is 9.59 Å². The summed E-state index contributed by atoms with van der Waals surface area (Å²) in [6.07, 6.45) is 2.25. The second-order valence-electron chi connectivity index (χ2n) is 12.4. The molecule has 1 aliphatic heterocycles. The average molecular weight is 611 g/mol. The van der Waals surface area contributed by atoms with E-state index in [0.717, 1.165) is 37.1 Å². The molecule has 0 aliphatic carbocycles. The molecule has 4 atom stereocenters. The van der Waals surface area contributed by atoms with Crippen LogP contribution in [0.2, 0.25) is 0 Å². The molecule has 5 aromatic rings. The molecule has 1 unspecified atom stereocenters. The number of hydrogen-bond donors (Lipinski definition) is 3. The minimum Gasteiger partial charge on any atom is -0.320 e. The number of carbonyl (C=O) groups is 2. The largest absolute Gasteiger partial charge is 0.320 e. The molecule has 1 fully saturated rings. The standard InChI is InChI=1S/C40H42N4O2/c41-37(25-30-14-6-2-7-15-30)40(46)43-39(45)26-38(33-17-8-3-9-18-33)44-28-35(42-27-36(44)24-29-12-4-1-5-13-29)23-31-20-21-32-16-10-11-19-34(32)22-31/h1-22,35-38,42H,23-28,41H2,(H,43,45,46)/t35-,36+,37?,38-/m1/s1. The van der Waals surface area contributed by atoms with Gasteiger partial charge >= 0.3 is 0 Å². The van der Waals surface area contributed by atoms with Crippen molar-refractivity contribution in [2.45, 2.75) is 49.9 Å². The molecule has 6 rings (SSSR count). The molecule has 0 saturated carbocycles. The van der Waals surface area contributed by atoms with Gasteiger partial charge in [-0.15, -0.1) is 0 Å². The Labute approximate surface area is 271 Å². The number of benzene rings is 5. The van der Waals surface area contributed by atoms with E-state index in [1.807, 2.05) is 54.6 Å². The van der Waals surface area contributed by atoms with Crippen LogP contribution >= 0.6 is 0 Å². The third kappa shape index (κ3) is 8.15. The second kappa shape index (κ2) is 15.1. The van der Waals surface area contributed by atoms with Crippen molar-refractivity contribution in [2.24, 2.45) is 5.73 Å². The van der Waals surface area contributed by atoms with Crippen LogP contribution in [0.5, 0.6) is 0 Å². The summed E-state index contributed by atoms with van der Waals surface area (Å²) >= 11 is 0. The van der Waals surface area contributed by atoms with Gasteiger partial charge in [-0.2, -0.15) is 0 Å². The van der Waals surface area contributed by atoms with Crippen molar-refractivity contribution in [3.05, 3.63) is 156 Å². The minimum absolute atomic E-state index is 0.155. The monoisotopic (exact) mass is 610 g/mol. The van der Waals surface area contributed by atoms with E-state index in [1.54, 1.807) is 0 Å². The number of nitrogens with one attached hydrogen (secondary N) is 2. The molecule has 0 spiro atoms. The summed E-state index contributed by atoms with van der Waals surface area (Å²) in [5, 5.41) is 8.94. The lowest BCUT2D eigenvalue weighted by molar-refractivity contribution is -0.132. The highest BCUT2D eigenvalue weighted by Crippen LogP contribution is 2.30. The second-order valence-corrected chi connectivity index (χ2v) is 12.4. The fourth-order valence-electron chi connectivity index (χ4n) is 6.65. The van der Waals surface area contributed by atoms with Gasteiger partial charge in [0.2, 0.25) is 11.8 Å². The summed E-state index contributed by atoms with van der Waals surface area (Å²) in [4.78, 5) is 29.1. The molecule has 1 aliphatic rings. The van der Waals surface area contributed by atoms with E-state index in [-0.39, 0.29) is 30.5 Å². The van der Waals surface area contributed by atoms with E-state index in [4.69, 9.17) is 5.73 Å². The van der Waals surface area contributed by atoms with Crippen molar-refractivity contribution in [2.75, 3.05) is 13.1 Å². The number of fused-ring (bicyclic) bond motifs is 1. The fraction of sp³-hybridized carbons (Fsp3) is 0.250. The molecular weight excluding hydrogens is 568 g/mol. The van der Waals surface area contributed by atoms with Gasteiger partial charge in [0.25, 0.3) is 0 Å². The Kier molecular flexibility index (Phi) is 10.3. The minimum atomic E-state index is -0.808. The van der Waals surface area contributed by atoms with Gasteiger partial charge in [0.05, 0.1) is 6.04 Å². The number of nitrogens with zero attached hydrogens (tertiary/aromatic N) is 1. The maximum Gasteiger partial charge on any atom is 0.243 e. The van der Waals surface area contributed by atoms with E-state index in [2.05, 4.69) is 94.4 Å². The topological polar surface area (TPSA) is 87.5 Å². The molecule has 1 heterocycles. The molecular formula is C40H42N4O2. The van der Waals surface area contributed by atoms with Gasteiger partial charge in [-0.25, -0.2) is 0 Å². The van der Waals surface area contributed by atoms with Gasteiger partial charge < -0.3 is 11.1 Å². The van der Waals surface area contributed by atoms with Crippen LogP contribution in [0.3, 0.4) is 0 Å². The summed E-state index contributed by atoms with van der Waals surface area (Å²) in [7, 11) is 0. The predicted octanol–water partition coefficient (Wildman–Crippen LogP) is 5.61. The highest BCUT2D eigenvalue weighted by molar-refractivity contribution is 5.98. The molecule has 6 heteroatoms. The number of carbonyl (C=O) groups excluding carboxylic acids is 2. The number of amides is 2. The maximum absolute atomic E-state index is 13.6. The predicted molar refractivity (Wildman–Crippen MR) is 185 cm³/mol. The Hall–Kier alpha value is -4.62. The first-order chi connectivity index (χ1) is 22.5. The molecule has 2 amide bonds. The first-order valence-corrected chi connectivity index (χ1v) is 16.2. The van der Waals surface area contributed by atoms with Crippen molar-refractivity contribution in [1.29, 1.82) is 0 Å². The lowest BCUT2D eigenvalue weighted by atomic mass is 9.92. The van der Waals surface area contributed by atoms with Gasteiger partial charge in [0.15, 0.2) is 0 Å². The van der Waals surface area contributed by atoms with E-state index < -0.39 is 11.9 Å². The van der Waals surface area contributed by atoms with Crippen LogP contribution in [0.4, 0.5) is 0 Å². The Bertz CT molecular complexity index is 1730. The van der Waals surface area contributed by atoms with Gasteiger partial charge in [-0.3, -0.25) is 19.8 Å². The van der Waals surface area contributed by atoms with E-state index in [0.29, 0.717) is 6.42 Å². The van der Waals surface area contributed by atoms with Crippen molar-refractivity contribution < 1.29 is 9.59 Å². The quantitative estimate of drug-likeness (QED) is 0.181. The molecule has 4 N–H and O–H groups in total. The molecule has 46 heavy (non-hydrogen) atoms. The average Bonchev–Trinajstić information content (AvgIpc) is 3.09. The van der Waals surface area contributed by atoms with Crippen LogP contribution in [0.25, 0.3) is 10.8 Å². The maximum atomic E-state index is 13.6. The van der Waals surface area contributed by atoms with Crippen molar-refractivity contribution in [3.63, 3.8) is 0 Å². The zero-order valence-electron chi connectivity index (χ0n) is 26.1. The third-order valence-corrected chi connectivity index (χ3v) is 9.01. The van der Waals surface area contributed by atoms with Crippen molar-refractivity contribution >= 4 is 22.6 Å². The number of piperazine rings is 1. The number of imide groups is 1. The summed E-state index contributed by atoms with van der Waals surface area (Å²) in [5.74, 6) is -0.763. The lowest BCUT2D eigenvalue weighted by Crippen LogP contribution is -2.59.